The highest BCUT2D eigenvalue weighted by Gasteiger charge is 2.49. The molecule has 0 saturated carbocycles. The largest absolute Gasteiger partial charge is 0.361 e. The lowest BCUT2D eigenvalue weighted by Gasteiger charge is -2.46. The van der Waals surface area contributed by atoms with Crippen molar-refractivity contribution in [2.24, 2.45) is 7.05 Å². The molecule has 0 N–H and O–H groups in total. The fourth-order valence-electron chi connectivity index (χ4n) is 3.89. The molecule has 9 nitrogen and oxygen atoms in total. The zero-order valence-electron chi connectivity index (χ0n) is 15.2. The Morgan fingerprint density at radius 1 is 1.27 bits per heavy atom. The first-order valence-electron chi connectivity index (χ1n) is 8.60. The number of nitrogens with zero attached hydrogens (tertiary/aromatic N) is 6. The maximum Gasteiger partial charge on any atom is 0.259 e. The zero-order valence-corrected chi connectivity index (χ0v) is 15.2. The van der Waals surface area contributed by atoms with Crippen molar-refractivity contribution < 1.29 is 14.1 Å². The van der Waals surface area contributed by atoms with Gasteiger partial charge >= 0.3 is 0 Å². The third-order valence-electron chi connectivity index (χ3n) is 5.54. The van der Waals surface area contributed by atoms with E-state index in [1.54, 1.807) is 22.7 Å². The van der Waals surface area contributed by atoms with Crippen LogP contribution in [-0.2, 0) is 11.8 Å². The molecule has 2 aliphatic heterocycles. The first-order valence-corrected chi connectivity index (χ1v) is 8.60. The quantitative estimate of drug-likeness (QED) is 0.766. The van der Waals surface area contributed by atoms with Crippen molar-refractivity contribution >= 4 is 17.5 Å². The average molecular weight is 358 g/mol. The van der Waals surface area contributed by atoms with Crippen molar-refractivity contribution in [3.8, 4) is 0 Å². The van der Waals surface area contributed by atoms with Crippen LogP contribution in [0.15, 0.2) is 23.1 Å². The molecule has 0 bridgehead atoms. The Morgan fingerprint density at radius 3 is 2.73 bits per heavy atom. The number of carbonyl (C=O) groups excluding carboxylic acids is 2. The van der Waals surface area contributed by atoms with E-state index in [-0.39, 0.29) is 17.4 Å². The van der Waals surface area contributed by atoms with E-state index in [9.17, 15) is 9.59 Å². The number of hydrogen-bond donors (Lipinski definition) is 0. The highest BCUT2D eigenvalue weighted by atomic mass is 16.5. The second kappa shape index (κ2) is 5.94. The number of amides is 2. The van der Waals surface area contributed by atoms with Crippen LogP contribution < -0.4 is 4.90 Å². The van der Waals surface area contributed by atoms with Crippen molar-refractivity contribution in [1.29, 1.82) is 0 Å². The number of carbonyl (C=O) groups is 2. The maximum atomic E-state index is 12.8. The zero-order chi connectivity index (χ0) is 18.5. The van der Waals surface area contributed by atoms with Gasteiger partial charge in [-0.05, 0) is 20.4 Å². The number of likely N-dealkylation sites (tertiary alicyclic amines) is 1. The molecule has 0 aromatic carbocycles. The summed E-state index contributed by atoms with van der Waals surface area (Å²) >= 11 is 0. The summed E-state index contributed by atoms with van der Waals surface area (Å²) in [6, 6.07) is 0. The maximum absolute atomic E-state index is 12.8. The van der Waals surface area contributed by atoms with E-state index < -0.39 is 0 Å². The first kappa shape index (κ1) is 16.8. The molecule has 2 saturated heterocycles. The molecule has 2 aromatic heterocycles. The van der Waals surface area contributed by atoms with Crippen LogP contribution in [0.5, 0.6) is 0 Å². The lowest BCUT2D eigenvalue weighted by molar-refractivity contribution is -0.123. The number of aromatic nitrogens is 3. The second-order valence-corrected chi connectivity index (χ2v) is 7.20. The van der Waals surface area contributed by atoms with Gasteiger partial charge in [-0.15, -0.1) is 0 Å². The van der Waals surface area contributed by atoms with Gasteiger partial charge in [-0.2, -0.15) is 5.10 Å². The molecule has 1 atom stereocenters. The third kappa shape index (κ3) is 2.59. The highest BCUT2D eigenvalue weighted by molar-refractivity contribution is 5.97. The molecule has 0 aliphatic carbocycles. The molecule has 4 rings (SSSR count). The summed E-state index contributed by atoms with van der Waals surface area (Å²) in [5, 5.41) is 7.88. The Morgan fingerprint density at radius 2 is 2.08 bits per heavy atom. The minimum atomic E-state index is -0.259. The number of anilines is 1. The van der Waals surface area contributed by atoms with Crippen LogP contribution in [0.3, 0.4) is 0 Å². The van der Waals surface area contributed by atoms with Gasteiger partial charge in [-0.25, -0.2) is 0 Å². The van der Waals surface area contributed by atoms with Crippen LogP contribution in [0.2, 0.25) is 0 Å². The molecule has 26 heavy (non-hydrogen) atoms. The van der Waals surface area contributed by atoms with E-state index in [0.717, 1.165) is 12.1 Å². The van der Waals surface area contributed by atoms with Crippen molar-refractivity contribution in [2.45, 2.75) is 18.9 Å². The Bertz CT molecular complexity index is 858. The van der Waals surface area contributed by atoms with Gasteiger partial charge in [0.25, 0.3) is 5.91 Å². The molecule has 138 valence electrons. The molecule has 2 aromatic rings. The summed E-state index contributed by atoms with van der Waals surface area (Å²) in [4.78, 5) is 31.0. The van der Waals surface area contributed by atoms with Gasteiger partial charge in [-0.1, -0.05) is 5.16 Å². The van der Waals surface area contributed by atoms with Crippen LogP contribution in [0.1, 0.15) is 22.5 Å². The van der Waals surface area contributed by atoms with Gasteiger partial charge in [0, 0.05) is 32.9 Å². The summed E-state index contributed by atoms with van der Waals surface area (Å²) in [5.41, 5.74) is 1.04. The van der Waals surface area contributed by atoms with Gasteiger partial charge in [-0.3, -0.25) is 19.2 Å². The number of piperazine rings is 1. The molecule has 1 spiro atoms. The summed E-state index contributed by atoms with van der Waals surface area (Å²) < 4.78 is 6.71. The van der Waals surface area contributed by atoms with E-state index in [4.69, 9.17) is 4.52 Å². The van der Waals surface area contributed by atoms with Gasteiger partial charge < -0.3 is 14.3 Å². The van der Waals surface area contributed by atoms with Crippen molar-refractivity contribution in [2.75, 3.05) is 38.1 Å². The SMILES string of the molecule is Cc1oncc1C(=O)N1CC[C@@]2(C1)CN(c1cnn(C)c1)C(=O)CN2C. The van der Waals surface area contributed by atoms with Crippen molar-refractivity contribution in [3.63, 3.8) is 0 Å². The number of hydrogen-bond acceptors (Lipinski definition) is 6. The summed E-state index contributed by atoms with van der Waals surface area (Å²) in [5.74, 6) is 0.504. The topological polar surface area (TPSA) is 87.7 Å². The third-order valence-corrected chi connectivity index (χ3v) is 5.54. The molecule has 2 aliphatic rings. The van der Waals surface area contributed by atoms with Crippen LogP contribution in [0, 0.1) is 6.92 Å². The van der Waals surface area contributed by atoms with Crippen molar-refractivity contribution in [3.05, 3.63) is 29.9 Å². The molecular formula is C17H22N6O3. The van der Waals surface area contributed by atoms with E-state index in [1.165, 1.54) is 6.20 Å². The standard InChI is InChI=1S/C17H22N6O3/c1-12-14(7-19-26-12)16(25)22-5-4-17(10-22)11-23(15(24)9-20(17)2)13-6-18-21(3)8-13/h6-8H,4-5,9-11H2,1-3H3/t17-/m1/s1. The normalized spacial score (nSPS) is 24.0. The monoisotopic (exact) mass is 358 g/mol. The van der Waals surface area contributed by atoms with Crippen LogP contribution in [0.4, 0.5) is 5.69 Å². The Hall–Kier alpha value is -2.68. The van der Waals surface area contributed by atoms with Gasteiger partial charge in [0.2, 0.25) is 5.91 Å². The van der Waals surface area contributed by atoms with E-state index in [0.29, 0.717) is 37.5 Å². The fraction of sp³-hybridized carbons (Fsp3) is 0.529. The van der Waals surface area contributed by atoms with Crippen molar-refractivity contribution in [1.82, 2.24) is 24.7 Å². The predicted molar refractivity (Wildman–Crippen MR) is 92.7 cm³/mol. The van der Waals surface area contributed by atoms with Gasteiger partial charge in [0.05, 0.1) is 30.2 Å². The molecule has 4 heterocycles. The number of likely N-dealkylation sites (N-methyl/N-ethyl adjacent to an activating group) is 1. The molecule has 2 fully saturated rings. The van der Waals surface area contributed by atoms with E-state index in [1.807, 2.05) is 25.2 Å². The fourth-order valence-corrected chi connectivity index (χ4v) is 3.89. The average Bonchev–Trinajstić information content (AvgIpc) is 3.31. The first-order chi connectivity index (χ1) is 12.4. The Labute approximate surface area is 151 Å². The number of rotatable bonds is 2. The molecular weight excluding hydrogens is 336 g/mol. The van der Waals surface area contributed by atoms with Gasteiger partial charge in [0.1, 0.15) is 11.3 Å². The second-order valence-electron chi connectivity index (χ2n) is 7.20. The molecule has 0 unspecified atom stereocenters. The molecule has 0 radical (unpaired) electrons. The summed E-state index contributed by atoms with van der Waals surface area (Å²) in [7, 11) is 3.79. The lowest BCUT2D eigenvalue weighted by atomic mass is 9.93. The van der Waals surface area contributed by atoms with Crippen LogP contribution in [-0.4, -0.2) is 75.3 Å². The van der Waals surface area contributed by atoms with E-state index >= 15 is 0 Å². The van der Waals surface area contributed by atoms with Gasteiger partial charge in [0.15, 0.2) is 0 Å². The summed E-state index contributed by atoms with van der Waals surface area (Å²) in [6.07, 6.45) is 5.83. The molecule has 2 amide bonds. The highest BCUT2D eigenvalue weighted by Crippen LogP contribution is 2.34. The summed E-state index contributed by atoms with van der Waals surface area (Å²) in [6.45, 7) is 3.81. The lowest BCUT2D eigenvalue weighted by Crippen LogP contribution is -2.64. The van der Waals surface area contributed by atoms with E-state index in [2.05, 4.69) is 15.2 Å². The minimum Gasteiger partial charge on any atom is -0.361 e. The van der Waals surface area contributed by atoms with Crippen LogP contribution >= 0.6 is 0 Å². The molecule has 9 heteroatoms. The Kier molecular flexibility index (Phi) is 3.83. The Balaban J connectivity index is 1.57. The predicted octanol–water partition coefficient (Wildman–Crippen LogP) is 0.280. The minimum absolute atomic E-state index is 0.0470. The smallest absolute Gasteiger partial charge is 0.259 e. The number of aryl methyl sites for hydroxylation is 2. The van der Waals surface area contributed by atoms with Crippen LogP contribution in [0.25, 0.3) is 0 Å².